The van der Waals surface area contributed by atoms with Crippen LogP contribution in [-0.4, -0.2) is 23.5 Å². The van der Waals surface area contributed by atoms with Gasteiger partial charge in [0, 0.05) is 0 Å². The number of aryl methyl sites for hydroxylation is 1. The van der Waals surface area contributed by atoms with Gasteiger partial charge >= 0.3 is 5.97 Å². The van der Waals surface area contributed by atoms with Gasteiger partial charge in [0.1, 0.15) is 17.4 Å². The van der Waals surface area contributed by atoms with E-state index in [2.05, 4.69) is 5.32 Å². The summed E-state index contributed by atoms with van der Waals surface area (Å²) in [5.41, 5.74) is -0.588. The normalized spacial score (nSPS) is 14.4. The smallest absolute Gasteiger partial charge is 0.329 e. The minimum absolute atomic E-state index is 0.0279. The maximum atomic E-state index is 12.3. The van der Waals surface area contributed by atoms with Gasteiger partial charge in [-0.15, -0.1) is 0 Å². The molecule has 0 saturated heterocycles. The number of hydrogen-bond donors (Lipinski definition) is 1. The van der Waals surface area contributed by atoms with E-state index in [9.17, 15) is 9.59 Å². The summed E-state index contributed by atoms with van der Waals surface area (Å²) in [4.78, 5) is 24.4. The van der Waals surface area contributed by atoms with Crippen LogP contribution < -0.4 is 5.32 Å². The predicted molar refractivity (Wildman–Crippen MR) is 80.0 cm³/mol. The van der Waals surface area contributed by atoms with Crippen LogP contribution in [0.5, 0.6) is 0 Å². The molecule has 1 N–H and O–H groups in total. The molecule has 1 aromatic rings. The Morgan fingerprint density at radius 2 is 1.95 bits per heavy atom. The number of esters is 1. The van der Waals surface area contributed by atoms with Crippen LogP contribution >= 0.6 is 0 Å². The highest BCUT2D eigenvalue weighted by Crippen LogP contribution is 2.16. The van der Waals surface area contributed by atoms with E-state index in [0.29, 0.717) is 5.76 Å². The zero-order valence-electron chi connectivity index (χ0n) is 13.6. The number of amides is 1. The second kappa shape index (κ2) is 6.78. The summed E-state index contributed by atoms with van der Waals surface area (Å²) >= 11 is 0. The first-order valence-electron chi connectivity index (χ1n) is 7.24. The number of ether oxygens (including phenoxy) is 1. The summed E-state index contributed by atoms with van der Waals surface area (Å²) in [5.74, 6) is -0.00512. The molecule has 1 heterocycles. The topological polar surface area (TPSA) is 68.5 Å². The fourth-order valence-corrected chi connectivity index (χ4v) is 1.80. The molecule has 1 aromatic heterocycles. The van der Waals surface area contributed by atoms with Gasteiger partial charge in [-0.2, -0.15) is 0 Å². The predicted octanol–water partition coefficient (Wildman–Crippen LogP) is 3.07. The molecule has 0 bridgehead atoms. The summed E-state index contributed by atoms with van der Waals surface area (Å²) in [7, 11) is 0. The van der Waals surface area contributed by atoms with Crippen LogP contribution in [0, 0.1) is 12.8 Å². The molecule has 0 aromatic carbocycles. The fourth-order valence-electron chi connectivity index (χ4n) is 1.80. The third kappa shape index (κ3) is 5.25. The molecule has 0 saturated carbocycles. The Bertz CT molecular complexity index is 499. The summed E-state index contributed by atoms with van der Waals surface area (Å²) < 4.78 is 10.7. The number of carbonyl (C=O) groups excluding carboxylic acids is 2. The van der Waals surface area contributed by atoms with Gasteiger partial charge in [-0.05, 0) is 45.7 Å². The van der Waals surface area contributed by atoms with Crippen LogP contribution in [0.15, 0.2) is 16.5 Å². The molecule has 0 radical (unpaired) electrons. The van der Waals surface area contributed by atoms with Gasteiger partial charge in [0.15, 0.2) is 5.76 Å². The highest BCUT2D eigenvalue weighted by atomic mass is 16.6. The summed E-state index contributed by atoms with van der Waals surface area (Å²) in [6, 6.07) is 2.61. The van der Waals surface area contributed by atoms with Crippen LogP contribution in [-0.2, 0) is 9.53 Å². The average molecular weight is 295 g/mol. The summed E-state index contributed by atoms with van der Waals surface area (Å²) in [6.07, 6.45) is 0.751. The van der Waals surface area contributed by atoms with Crippen LogP contribution in [0.2, 0.25) is 0 Å². The third-order valence-electron chi connectivity index (χ3n) is 3.12. The molecule has 0 spiro atoms. The molecule has 5 heteroatoms. The largest absolute Gasteiger partial charge is 0.458 e. The summed E-state index contributed by atoms with van der Waals surface area (Å²) in [5, 5.41) is 2.71. The van der Waals surface area contributed by atoms with Crippen molar-refractivity contribution in [1.82, 2.24) is 5.32 Å². The van der Waals surface area contributed by atoms with Crippen molar-refractivity contribution in [1.29, 1.82) is 0 Å². The van der Waals surface area contributed by atoms with Crippen molar-refractivity contribution in [3.05, 3.63) is 23.7 Å². The first-order chi connectivity index (χ1) is 9.64. The standard InChI is InChI=1S/C16H25NO4/c1-7-10(2)13(15(19)21-16(4,5)6)17-14(18)12-9-8-11(3)20-12/h8-10,13H,7H2,1-6H3,(H,17,18)/t10-,13-/m0/s1. The Morgan fingerprint density at radius 3 is 2.38 bits per heavy atom. The molecule has 0 aliphatic heterocycles. The van der Waals surface area contributed by atoms with Crippen molar-refractivity contribution < 1.29 is 18.7 Å². The first-order valence-corrected chi connectivity index (χ1v) is 7.24. The molecule has 1 rings (SSSR count). The number of hydrogen-bond acceptors (Lipinski definition) is 4. The maximum Gasteiger partial charge on any atom is 0.329 e. The van der Waals surface area contributed by atoms with E-state index in [-0.39, 0.29) is 11.7 Å². The molecule has 0 fully saturated rings. The molecule has 21 heavy (non-hydrogen) atoms. The lowest BCUT2D eigenvalue weighted by Crippen LogP contribution is -2.47. The maximum absolute atomic E-state index is 12.3. The van der Waals surface area contributed by atoms with Gasteiger partial charge < -0.3 is 14.5 Å². The fraction of sp³-hybridized carbons (Fsp3) is 0.625. The molecular weight excluding hydrogens is 270 g/mol. The highest BCUT2D eigenvalue weighted by Gasteiger charge is 2.31. The second-order valence-electron chi connectivity index (χ2n) is 6.28. The van der Waals surface area contributed by atoms with Gasteiger partial charge in [-0.25, -0.2) is 4.79 Å². The van der Waals surface area contributed by atoms with Crippen molar-refractivity contribution >= 4 is 11.9 Å². The average Bonchev–Trinajstić information content (AvgIpc) is 2.79. The van der Waals surface area contributed by atoms with Crippen molar-refractivity contribution in [2.45, 2.75) is 59.6 Å². The molecule has 1 amide bonds. The van der Waals surface area contributed by atoms with E-state index in [1.165, 1.54) is 0 Å². The molecule has 0 unspecified atom stereocenters. The Kier molecular flexibility index (Phi) is 5.58. The van der Waals surface area contributed by atoms with Crippen molar-refractivity contribution in [3.8, 4) is 0 Å². The Morgan fingerprint density at radius 1 is 1.33 bits per heavy atom. The van der Waals surface area contributed by atoms with Gasteiger partial charge in [-0.1, -0.05) is 20.3 Å². The quantitative estimate of drug-likeness (QED) is 0.848. The van der Waals surface area contributed by atoms with E-state index in [1.807, 2.05) is 13.8 Å². The van der Waals surface area contributed by atoms with Crippen LogP contribution in [0.4, 0.5) is 0 Å². The van der Waals surface area contributed by atoms with Crippen LogP contribution in [0.25, 0.3) is 0 Å². The van der Waals surface area contributed by atoms with Gasteiger partial charge in [0.2, 0.25) is 0 Å². The van der Waals surface area contributed by atoms with E-state index < -0.39 is 23.5 Å². The Hall–Kier alpha value is -1.78. The first kappa shape index (κ1) is 17.3. The monoisotopic (exact) mass is 295 g/mol. The van der Waals surface area contributed by atoms with Gasteiger partial charge in [0.05, 0.1) is 0 Å². The minimum atomic E-state index is -0.688. The van der Waals surface area contributed by atoms with Crippen molar-refractivity contribution in [2.24, 2.45) is 5.92 Å². The molecule has 2 atom stereocenters. The zero-order chi connectivity index (χ0) is 16.2. The van der Waals surface area contributed by atoms with E-state index in [1.54, 1.807) is 39.8 Å². The van der Waals surface area contributed by atoms with Gasteiger partial charge in [0.25, 0.3) is 5.91 Å². The Balaban J connectivity index is 2.83. The summed E-state index contributed by atoms with van der Waals surface area (Å²) in [6.45, 7) is 11.0. The molecule has 0 aliphatic rings. The lowest BCUT2D eigenvalue weighted by molar-refractivity contribution is -0.158. The van der Waals surface area contributed by atoms with Crippen molar-refractivity contribution in [3.63, 3.8) is 0 Å². The SMILES string of the molecule is CC[C@H](C)[C@H](NC(=O)c1ccc(C)o1)C(=O)OC(C)(C)C. The Labute approximate surface area is 126 Å². The lowest BCUT2D eigenvalue weighted by Gasteiger charge is -2.27. The van der Waals surface area contributed by atoms with E-state index >= 15 is 0 Å². The number of nitrogens with one attached hydrogen (secondary N) is 1. The second-order valence-corrected chi connectivity index (χ2v) is 6.28. The molecule has 5 nitrogen and oxygen atoms in total. The third-order valence-corrected chi connectivity index (χ3v) is 3.12. The zero-order valence-corrected chi connectivity index (χ0v) is 13.6. The molecule has 118 valence electrons. The van der Waals surface area contributed by atoms with Gasteiger partial charge in [-0.3, -0.25) is 4.79 Å². The number of carbonyl (C=O) groups is 2. The molecular formula is C16H25NO4. The van der Waals surface area contributed by atoms with Crippen LogP contribution in [0.1, 0.15) is 57.4 Å². The minimum Gasteiger partial charge on any atom is -0.458 e. The highest BCUT2D eigenvalue weighted by molar-refractivity contribution is 5.94. The van der Waals surface area contributed by atoms with E-state index in [4.69, 9.17) is 9.15 Å². The van der Waals surface area contributed by atoms with Crippen LogP contribution in [0.3, 0.4) is 0 Å². The lowest BCUT2D eigenvalue weighted by atomic mass is 9.98. The van der Waals surface area contributed by atoms with Crippen molar-refractivity contribution in [2.75, 3.05) is 0 Å². The number of rotatable bonds is 5. The molecule has 0 aliphatic carbocycles. The number of furan rings is 1. The van der Waals surface area contributed by atoms with E-state index in [0.717, 1.165) is 6.42 Å².